The van der Waals surface area contributed by atoms with E-state index in [1.165, 1.54) is 25.7 Å². The molecule has 2 aliphatic carbocycles. The Bertz CT molecular complexity index is 487. The topological polar surface area (TPSA) is 29.1 Å². The molecule has 1 aromatic rings. The summed E-state index contributed by atoms with van der Waals surface area (Å²) in [4.78, 5) is 12.3. The van der Waals surface area contributed by atoms with E-state index in [0.717, 1.165) is 21.9 Å². The minimum atomic E-state index is 0.0442. The summed E-state index contributed by atoms with van der Waals surface area (Å²) in [6.45, 7) is 2.17. The third-order valence-corrected chi connectivity index (χ3v) is 5.60. The number of benzene rings is 1. The number of rotatable bonds is 3. The third-order valence-electron chi connectivity index (χ3n) is 4.91. The second-order valence-corrected chi connectivity index (χ2v) is 6.94. The van der Waals surface area contributed by atoms with E-state index in [-0.39, 0.29) is 11.9 Å². The van der Waals surface area contributed by atoms with Gasteiger partial charge in [0.15, 0.2) is 0 Å². The molecular weight excluding hydrogens is 302 g/mol. The summed E-state index contributed by atoms with van der Waals surface area (Å²) in [6, 6.07) is 7.90. The number of carbonyl (C=O) groups is 1. The van der Waals surface area contributed by atoms with Crippen LogP contribution in [0.3, 0.4) is 0 Å². The molecule has 2 fully saturated rings. The molecule has 1 amide bonds. The summed E-state index contributed by atoms with van der Waals surface area (Å²) in [5.74, 6) is 2.50. The van der Waals surface area contributed by atoms with Crippen molar-refractivity contribution in [3.8, 4) is 0 Å². The Balaban J connectivity index is 1.65. The van der Waals surface area contributed by atoms with Crippen molar-refractivity contribution in [2.24, 2.45) is 17.8 Å². The standard InChI is InChI=1S/C16H20BrNO/c1-10(14-9-11-6-7-12(14)8-11)18-16(19)13-4-2-3-5-15(13)17/h2-5,10-12,14H,6-9H2,1H3,(H,18,19)/t10-,11+,12+,14+/m1/s1. The first-order valence-electron chi connectivity index (χ1n) is 7.20. The van der Waals surface area contributed by atoms with Gasteiger partial charge >= 0.3 is 0 Å². The summed E-state index contributed by atoms with van der Waals surface area (Å²) in [5, 5.41) is 3.19. The fourth-order valence-corrected chi connectivity index (χ4v) is 4.41. The van der Waals surface area contributed by atoms with Gasteiger partial charge in [0.25, 0.3) is 5.91 Å². The Morgan fingerprint density at radius 1 is 1.32 bits per heavy atom. The maximum Gasteiger partial charge on any atom is 0.252 e. The van der Waals surface area contributed by atoms with Crippen molar-refractivity contribution in [3.63, 3.8) is 0 Å². The molecule has 4 atom stereocenters. The van der Waals surface area contributed by atoms with E-state index >= 15 is 0 Å². The monoisotopic (exact) mass is 321 g/mol. The normalized spacial score (nSPS) is 30.3. The van der Waals surface area contributed by atoms with Crippen LogP contribution in [0.2, 0.25) is 0 Å². The smallest absolute Gasteiger partial charge is 0.252 e. The van der Waals surface area contributed by atoms with E-state index < -0.39 is 0 Å². The minimum absolute atomic E-state index is 0.0442. The van der Waals surface area contributed by atoms with E-state index in [0.29, 0.717) is 5.92 Å². The summed E-state index contributed by atoms with van der Waals surface area (Å²) >= 11 is 3.44. The van der Waals surface area contributed by atoms with Crippen molar-refractivity contribution >= 4 is 21.8 Å². The van der Waals surface area contributed by atoms with Gasteiger partial charge in [0.1, 0.15) is 0 Å². The zero-order valence-electron chi connectivity index (χ0n) is 11.2. The predicted molar refractivity (Wildman–Crippen MR) is 80.0 cm³/mol. The van der Waals surface area contributed by atoms with Gasteiger partial charge < -0.3 is 5.32 Å². The average Bonchev–Trinajstić information content (AvgIpc) is 3.01. The molecule has 0 unspecified atom stereocenters. The number of carbonyl (C=O) groups excluding carboxylic acids is 1. The molecule has 2 aliphatic rings. The lowest BCUT2D eigenvalue weighted by atomic mass is 9.84. The number of hydrogen-bond donors (Lipinski definition) is 1. The van der Waals surface area contributed by atoms with Crippen LogP contribution in [0.25, 0.3) is 0 Å². The Kier molecular flexibility index (Phi) is 3.66. The van der Waals surface area contributed by atoms with Gasteiger partial charge in [-0.25, -0.2) is 0 Å². The highest BCUT2D eigenvalue weighted by molar-refractivity contribution is 9.10. The lowest BCUT2D eigenvalue weighted by Crippen LogP contribution is -2.40. The van der Waals surface area contributed by atoms with Crippen LogP contribution in [-0.4, -0.2) is 11.9 Å². The molecule has 2 saturated carbocycles. The van der Waals surface area contributed by atoms with Crippen LogP contribution in [0.4, 0.5) is 0 Å². The quantitative estimate of drug-likeness (QED) is 0.895. The van der Waals surface area contributed by atoms with E-state index in [9.17, 15) is 4.79 Å². The molecule has 3 rings (SSSR count). The van der Waals surface area contributed by atoms with Gasteiger partial charge in [-0.15, -0.1) is 0 Å². The molecule has 0 aliphatic heterocycles. The first-order valence-corrected chi connectivity index (χ1v) is 8.00. The van der Waals surface area contributed by atoms with Crippen LogP contribution < -0.4 is 5.32 Å². The Labute approximate surface area is 123 Å². The molecule has 0 spiro atoms. The highest BCUT2D eigenvalue weighted by atomic mass is 79.9. The van der Waals surface area contributed by atoms with Crippen molar-refractivity contribution in [2.75, 3.05) is 0 Å². The first kappa shape index (κ1) is 13.2. The van der Waals surface area contributed by atoms with Crippen LogP contribution in [0.5, 0.6) is 0 Å². The largest absolute Gasteiger partial charge is 0.349 e. The molecule has 19 heavy (non-hydrogen) atoms. The Morgan fingerprint density at radius 3 is 2.74 bits per heavy atom. The highest BCUT2D eigenvalue weighted by Crippen LogP contribution is 2.49. The van der Waals surface area contributed by atoms with Crippen LogP contribution in [0.15, 0.2) is 28.7 Å². The summed E-state index contributed by atoms with van der Waals surface area (Å²) in [6.07, 6.45) is 5.47. The van der Waals surface area contributed by atoms with Gasteiger partial charge in [0, 0.05) is 10.5 Å². The van der Waals surface area contributed by atoms with E-state index in [4.69, 9.17) is 0 Å². The lowest BCUT2D eigenvalue weighted by molar-refractivity contribution is 0.0914. The third kappa shape index (κ3) is 2.58. The van der Waals surface area contributed by atoms with E-state index in [2.05, 4.69) is 28.2 Å². The molecule has 0 heterocycles. The van der Waals surface area contributed by atoms with E-state index in [1.807, 2.05) is 24.3 Å². The molecule has 2 bridgehead atoms. The van der Waals surface area contributed by atoms with Gasteiger partial charge in [0.05, 0.1) is 5.56 Å². The molecule has 2 nitrogen and oxygen atoms in total. The van der Waals surface area contributed by atoms with Crippen molar-refractivity contribution in [1.82, 2.24) is 5.32 Å². The fraction of sp³-hybridized carbons (Fsp3) is 0.562. The average molecular weight is 322 g/mol. The van der Waals surface area contributed by atoms with Crippen LogP contribution in [0, 0.1) is 17.8 Å². The minimum Gasteiger partial charge on any atom is -0.349 e. The summed E-state index contributed by atoms with van der Waals surface area (Å²) < 4.78 is 0.868. The number of amides is 1. The molecule has 0 aromatic heterocycles. The van der Waals surface area contributed by atoms with Crippen molar-refractivity contribution in [2.45, 2.75) is 38.6 Å². The fourth-order valence-electron chi connectivity index (χ4n) is 3.94. The first-order chi connectivity index (χ1) is 9.15. The number of nitrogens with one attached hydrogen (secondary N) is 1. The second-order valence-electron chi connectivity index (χ2n) is 6.08. The zero-order chi connectivity index (χ0) is 13.4. The van der Waals surface area contributed by atoms with Gasteiger partial charge in [-0.05, 0) is 72.0 Å². The molecule has 0 radical (unpaired) electrons. The SMILES string of the molecule is C[C@@H](NC(=O)c1ccccc1Br)[C@@H]1C[C@H]2CC[C@H]1C2. The van der Waals surface area contributed by atoms with Gasteiger partial charge in [-0.2, -0.15) is 0 Å². The van der Waals surface area contributed by atoms with Crippen molar-refractivity contribution in [1.29, 1.82) is 0 Å². The van der Waals surface area contributed by atoms with Crippen LogP contribution in [-0.2, 0) is 0 Å². The van der Waals surface area contributed by atoms with Gasteiger partial charge in [-0.3, -0.25) is 4.79 Å². The molecular formula is C16H20BrNO. The van der Waals surface area contributed by atoms with Crippen molar-refractivity contribution in [3.05, 3.63) is 34.3 Å². The molecule has 1 N–H and O–H groups in total. The maximum absolute atomic E-state index is 12.3. The Hall–Kier alpha value is -0.830. The summed E-state index contributed by atoms with van der Waals surface area (Å²) in [7, 11) is 0. The number of fused-ring (bicyclic) bond motifs is 2. The number of halogens is 1. The molecule has 102 valence electrons. The summed E-state index contributed by atoms with van der Waals surface area (Å²) in [5.41, 5.74) is 0.734. The van der Waals surface area contributed by atoms with Crippen LogP contribution in [0.1, 0.15) is 43.0 Å². The highest BCUT2D eigenvalue weighted by Gasteiger charge is 2.42. The second kappa shape index (κ2) is 5.28. The lowest BCUT2D eigenvalue weighted by Gasteiger charge is -2.28. The molecule has 1 aromatic carbocycles. The number of hydrogen-bond acceptors (Lipinski definition) is 1. The predicted octanol–water partition coefficient (Wildman–Crippen LogP) is 4.00. The molecule has 3 heteroatoms. The van der Waals surface area contributed by atoms with Crippen LogP contribution >= 0.6 is 15.9 Å². The van der Waals surface area contributed by atoms with Gasteiger partial charge in [-0.1, -0.05) is 18.6 Å². The Morgan fingerprint density at radius 2 is 2.11 bits per heavy atom. The zero-order valence-corrected chi connectivity index (χ0v) is 12.8. The maximum atomic E-state index is 12.3. The molecule has 0 saturated heterocycles. The van der Waals surface area contributed by atoms with E-state index in [1.54, 1.807) is 0 Å². The van der Waals surface area contributed by atoms with Gasteiger partial charge in [0.2, 0.25) is 0 Å². The van der Waals surface area contributed by atoms with Crippen molar-refractivity contribution < 1.29 is 4.79 Å².